The molecule has 0 aromatic heterocycles. The number of ketones is 1. The molecule has 2 aliphatic rings. The van der Waals surface area contributed by atoms with Gasteiger partial charge in [-0.2, -0.15) is 13.6 Å². The molecule has 0 bridgehead atoms. The smallest absolute Gasteiger partial charge is 0.380 e. The summed E-state index contributed by atoms with van der Waals surface area (Å²) in [4.78, 5) is 12.3. The number of carbonyl (C=O) groups is 1. The van der Waals surface area contributed by atoms with Crippen LogP contribution in [-0.4, -0.2) is 20.3 Å². The van der Waals surface area contributed by atoms with E-state index in [1.165, 1.54) is 31.4 Å². The lowest BCUT2D eigenvalue weighted by atomic mass is 9.82. The maximum Gasteiger partial charge on any atom is 0.380 e. The molecule has 0 unspecified atom stereocenters. The number of hydrogen-bond acceptors (Lipinski definition) is 5. The summed E-state index contributed by atoms with van der Waals surface area (Å²) in [5.74, 6) is 0.894. The highest BCUT2D eigenvalue weighted by Crippen LogP contribution is 2.37. The molecule has 1 saturated carbocycles. The molecule has 1 aliphatic carbocycles. The summed E-state index contributed by atoms with van der Waals surface area (Å²) in [6, 6.07) is 4.39. The lowest BCUT2D eigenvalue weighted by Gasteiger charge is -2.33. The molecule has 1 aliphatic heterocycles. The van der Waals surface area contributed by atoms with Gasteiger partial charge in [0.05, 0.1) is 5.56 Å². The molecule has 0 amide bonds. The summed E-state index contributed by atoms with van der Waals surface area (Å²) in [5.41, 5.74) is 0.355. The summed E-state index contributed by atoms with van der Waals surface area (Å²) in [5, 5.41) is 4.83. The molecule has 1 aromatic rings. The Labute approximate surface area is 129 Å². The number of fused-ring (bicyclic) bond motifs is 1. The molecular weight excluding hydrogens is 306 g/mol. The molecule has 7 heteroatoms. The quantitative estimate of drug-likeness (QED) is 0.919. The number of nitrogens with two attached hydrogens (primary N) is 1. The fourth-order valence-electron chi connectivity index (χ4n) is 3.28. The number of hydrogen-bond donors (Lipinski definition) is 1. The highest BCUT2D eigenvalue weighted by atomic mass is 32.2. The van der Waals surface area contributed by atoms with Gasteiger partial charge in [0.15, 0.2) is 5.78 Å². The zero-order valence-corrected chi connectivity index (χ0v) is 13.0. The standard InChI is InChI=1S/C15H19NO5S/c16-22(18,19)21-11-6-7-14-12(8-11)13(17)9-15(20-14)10-4-2-1-3-5-10/h6-8,10,15H,1-5,9H2,(H2,16,18,19)/t15-/m1/s1. The van der Waals surface area contributed by atoms with Gasteiger partial charge in [-0.05, 0) is 37.0 Å². The van der Waals surface area contributed by atoms with E-state index in [1.807, 2.05) is 0 Å². The van der Waals surface area contributed by atoms with Gasteiger partial charge >= 0.3 is 10.3 Å². The minimum absolute atomic E-state index is 0.0225. The first-order valence-electron chi connectivity index (χ1n) is 7.48. The Kier molecular flexibility index (Phi) is 4.10. The van der Waals surface area contributed by atoms with Crippen molar-refractivity contribution < 1.29 is 22.1 Å². The monoisotopic (exact) mass is 325 g/mol. The molecule has 1 heterocycles. The second-order valence-corrected chi connectivity index (χ2v) is 7.07. The first-order valence-corrected chi connectivity index (χ1v) is 8.95. The van der Waals surface area contributed by atoms with Crippen molar-refractivity contribution in [2.75, 3.05) is 0 Å². The lowest BCUT2D eigenvalue weighted by Crippen LogP contribution is -2.34. The molecule has 22 heavy (non-hydrogen) atoms. The van der Waals surface area contributed by atoms with Crippen molar-refractivity contribution in [3.05, 3.63) is 23.8 Å². The third kappa shape index (κ3) is 3.41. The fourth-order valence-corrected chi connectivity index (χ4v) is 3.65. The number of carbonyl (C=O) groups excluding carboxylic acids is 1. The lowest BCUT2D eigenvalue weighted by molar-refractivity contribution is 0.0655. The van der Waals surface area contributed by atoms with Crippen LogP contribution in [0.15, 0.2) is 18.2 Å². The summed E-state index contributed by atoms with van der Waals surface area (Å²) < 4.78 is 32.5. The highest BCUT2D eigenvalue weighted by Gasteiger charge is 2.33. The first kappa shape index (κ1) is 15.3. The zero-order chi connectivity index (χ0) is 15.7. The number of Topliss-reactive ketones (excluding diaryl/α,β-unsaturated/α-hetero) is 1. The number of benzene rings is 1. The van der Waals surface area contributed by atoms with E-state index < -0.39 is 10.3 Å². The van der Waals surface area contributed by atoms with Gasteiger partial charge in [0.2, 0.25) is 0 Å². The van der Waals surface area contributed by atoms with Gasteiger partial charge in [0.1, 0.15) is 17.6 Å². The number of ether oxygens (including phenoxy) is 1. The van der Waals surface area contributed by atoms with Gasteiger partial charge in [-0.1, -0.05) is 19.3 Å². The van der Waals surface area contributed by atoms with E-state index in [0.29, 0.717) is 23.7 Å². The van der Waals surface area contributed by atoms with E-state index in [2.05, 4.69) is 4.18 Å². The van der Waals surface area contributed by atoms with Gasteiger partial charge in [-0.3, -0.25) is 4.79 Å². The average Bonchev–Trinajstić information content (AvgIpc) is 2.47. The van der Waals surface area contributed by atoms with Crippen LogP contribution in [0.4, 0.5) is 0 Å². The van der Waals surface area contributed by atoms with Crippen LogP contribution in [0.2, 0.25) is 0 Å². The Morgan fingerprint density at radius 1 is 1.18 bits per heavy atom. The summed E-state index contributed by atoms with van der Waals surface area (Å²) in [6.07, 6.45) is 6.07. The second kappa shape index (κ2) is 5.89. The second-order valence-electron chi connectivity index (χ2n) is 5.92. The van der Waals surface area contributed by atoms with Crippen LogP contribution in [0.25, 0.3) is 0 Å². The van der Waals surface area contributed by atoms with Crippen molar-refractivity contribution in [1.82, 2.24) is 0 Å². The molecule has 0 radical (unpaired) electrons. The van der Waals surface area contributed by atoms with E-state index in [-0.39, 0.29) is 17.6 Å². The first-order chi connectivity index (χ1) is 10.4. The fraction of sp³-hybridized carbons (Fsp3) is 0.533. The summed E-state index contributed by atoms with van der Waals surface area (Å²) >= 11 is 0. The van der Waals surface area contributed by atoms with Crippen molar-refractivity contribution in [3.8, 4) is 11.5 Å². The van der Waals surface area contributed by atoms with Gasteiger partial charge in [0, 0.05) is 6.42 Å². The van der Waals surface area contributed by atoms with Crippen molar-refractivity contribution in [3.63, 3.8) is 0 Å². The maximum atomic E-state index is 12.3. The Hall–Kier alpha value is -1.60. The molecular formula is C15H19NO5S. The van der Waals surface area contributed by atoms with E-state index in [1.54, 1.807) is 6.07 Å². The predicted molar refractivity (Wildman–Crippen MR) is 80.1 cm³/mol. The van der Waals surface area contributed by atoms with Crippen molar-refractivity contribution in [2.45, 2.75) is 44.6 Å². The third-order valence-electron chi connectivity index (χ3n) is 4.30. The normalized spacial score (nSPS) is 22.8. The Morgan fingerprint density at radius 2 is 1.91 bits per heavy atom. The van der Waals surface area contributed by atoms with Crippen molar-refractivity contribution >= 4 is 16.1 Å². The van der Waals surface area contributed by atoms with Crippen LogP contribution in [0, 0.1) is 5.92 Å². The van der Waals surface area contributed by atoms with Gasteiger partial charge < -0.3 is 8.92 Å². The van der Waals surface area contributed by atoms with Gasteiger partial charge in [-0.25, -0.2) is 0 Å². The van der Waals surface area contributed by atoms with E-state index in [0.717, 1.165) is 12.8 Å². The van der Waals surface area contributed by atoms with Crippen LogP contribution in [-0.2, 0) is 10.3 Å². The Morgan fingerprint density at radius 3 is 2.59 bits per heavy atom. The summed E-state index contributed by atoms with van der Waals surface area (Å²) in [6.45, 7) is 0. The van der Waals surface area contributed by atoms with E-state index in [9.17, 15) is 13.2 Å². The molecule has 3 rings (SSSR count). The minimum atomic E-state index is -4.10. The van der Waals surface area contributed by atoms with Crippen LogP contribution < -0.4 is 14.1 Å². The van der Waals surface area contributed by atoms with Crippen LogP contribution in [0.5, 0.6) is 11.5 Å². The molecule has 0 spiro atoms. The van der Waals surface area contributed by atoms with E-state index in [4.69, 9.17) is 9.88 Å². The molecule has 1 aromatic carbocycles. The minimum Gasteiger partial charge on any atom is -0.489 e. The maximum absolute atomic E-state index is 12.3. The molecule has 2 N–H and O–H groups in total. The van der Waals surface area contributed by atoms with Crippen LogP contribution in [0.1, 0.15) is 48.9 Å². The van der Waals surface area contributed by atoms with E-state index >= 15 is 0 Å². The Bertz CT molecular complexity index is 679. The summed E-state index contributed by atoms with van der Waals surface area (Å²) in [7, 11) is -4.10. The van der Waals surface area contributed by atoms with Gasteiger partial charge in [0.25, 0.3) is 0 Å². The highest BCUT2D eigenvalue weighted by molar-refractivity contribution is 7.84. The zero-order valence-electron chi connectivity index (χ0n) is 12.2. The molecule has 0 saturated heterocycles. The third-order valence-corrected chi connectivity index (χ3v) is 4.73. The SMILES string of the molecule is NS(=O)(=O)Oc1ccc2c(c1)C(=O)C[C@H](C1CCCCC1)O2. The molecule has 120 valence electrons. The average molecular weight is 325 g/mol. The molecule has 6 nitrogen and oxygen atoms in total. The predicted octanol–water partition coefficient (Wildman–Crippen LogP) is 2.18. The Balaban J connectivity index is 1.80. The molecule has 1 fully saturated rings. The van der Waals surface area contributed by atoms with Crippen LogP contribution >= 0.6 is 0 Å². The van der Waals surface area contributed by atoms with Crippen molar-refractivity contribution in [1.29, 1.82) is 0 Å². The topological polar surface area (TPSA) is 95.7 Å². The number of rotatable bonds is 3. The molecule has 1 atom stereocenters. The largest absolute Gasteiger partial charge is 0.489 e. The van der Waals surface area contributed by atoms with Crippen molar-refractivity contribution in [2.24, 2.45) is 11.1 Å². The van der Waals surface area contributed by atoms with Crippen LogP contribution in [0.3, 0.4) is 0 Å². The van der Waals surface area contributed by atoms with Gasteiger partial charge in [-0.15, -0.1) is 0 Å².